The number of hydrogen-bond acceptors (Lipinski definition) is 6. The van der Waals surface area contributed by atoms with Crippen LogP contribution in [0.15, 0.2) is 109 Å². The Morgan fingerprint density at radius 1 is 0.571 bits per heavy atom. The molecule has 0 amide bonds. The predicted molar refractivity (Wildman–Crippen MR) is 221 cm³/mol. The predicted octanol–water partition coefficient (Wildman–Crippen LogP) is 13.1. The molecule has 0 radical (unpaired) electrons. The van der Waals surface area contributed by atoms with Crippen molar-refractivity contribution in [3.05, 3.63) is 165 Å². The molecule has 56 heavy (non-hydrogen) atoms. The van der Waals surface area contributed by atoms with Crippen LogP contribution < -0.4 is 9.47 Å². The van der Waals surface area contributed by atoms with Crippen LogP contribution in [0, 0.1) is 0 Å². The van der Waals surface area contributed by atoms with E-state index in [1.807, 2.05) is 70.2 Å². The van der Waals surface area contributed by atoms with Crippen LogP contribution in [0.3, 0.4) is 0 Å². The van der Waals surface area contributed by atoms with Crippen LogP contribution in [0.2, 0.25) is 0 Å². The second-order valence-electron chi connectivity index (χ2n) is 16.8. The van der Waals surface area contributed by atoms with Gasteiger partial charge in [0.25, 0.3) is 0 Å². The Hall–Kier alpha value is -5.36. The third-order valence-electron chi connectivity index (χ3n) is 12.9. The van der Waals surface area contributed by atoms with Crippen molar-refractivity contribution >= 4 is 12.3 Å². The van der Waals surface area contributed by atoms with Crippen LogP contribution in [0.5, 0.6) is 11.5 Å². The Bertz CT molecular complexity index is 2200. The smallest absolute Gasteiger partial charge is 0.428 e. The lowest BCUT2D eigenvalue weighted by atomic mass is 9.60. The normalized spacial score (nSPS) is 16.2. The van der Waals surface area contributed by atoms with Gasteiger partial charge in [-0.25, -0.2) is 9.59 Å². The summed E-state index contributed by atoms with van der Waals surface area (Å²) in [5, 5.41) is 0. The molecule has 0 aromatic heterocycles. The molecule has 5 aromatic rings. The van der Waals surface area contributed by atoms with Gasteiger partial charge in [0, 0.05) is 22.8 Å². The second kappa shape index (κ2) is 14.9. The largest absolute Gasteiger partial charge is 0.514 e. The fourth-order valence-corrected chi connectivity index (χ4v) is 8.52. The van der Waals surface area contributed by atoms with Crippen LogP contribution in [0.1, 0.15) is 155 Å². The number of hydrogen-bond donors (Lipinski definition) is 0. The fourth-order valence-electron chi connectivity index (χ4n) is 8.52. The lowest BCUT2D eigenvalue weighted by Crippen LogP contribution is -2.32. The van der Waals surface area contributed by atoms with Gasteiger partial charge in [-0.05, 0) is 114 Å². The highest BCUT2D eigenvalue weighted by Gasteiger charge is 2.45. The summed E-state index contributed by atoms with van der Waals surface area (Å²) in [6, 6.07) is 37.2. The van der Waals surface area contributed by atoms with Crippen LogP contribution in [0.25, 0.3) is 0 Å². The summed E-state index contributed by atoms with van der Waals surface area (Å²) in [4.78, 5) is 26.6. The summed E-state index contributed by atoms with van der Waals surface area (Å²) in [6.07, 6.45) is 0.622. The number of benzene rings is 5. The van der Waals surface area contributed by atoms with Gasteiger partial charge in [-0.3, -0.25) is 0 Å². The van der Waals surface area contributed by atoms with E-state index >= 15 is 0 Å². The van der Waals surface area contributed by atoms with E-state index < -0.39 is 24.0 Å². The maximum absolute atomic E-state index is 13.4. The molecule has 1 unspecified atom stereocenters. The van der Waals surface area contributed by atoms with Gasteiger partial charge in [-0.1, -0.05) is 133 Å². The summed E-state index contributed by atoms with van der Waals surface area (Å²) in [5.41, 5.74) is 10.3. The number of carbonyl (C=O) groups excluding carboxylic acids is 2. The average Bonchev–Trinajstić information content (AvgIpc) is 3.20. The lowest BCUT2D eigenvalue weighted by molar-refractivity contribution is 0.00683. The minimum atomic E-state index is -0.795. The summed E-state index contributed by atoms with van der Waals surface area (Å²) in [7, 11) is 0. The van der Waals surface area contributed by atoms with Crippen molar-refractivity contribution in [3.8, 4) is 11.5 Å². The zero-order chi connectivity index (χ0) is 40.0. The van der Waals surface area contributed by atoms with Gasteiger partial charge in [0.2, 0.25) is 0 Å². The number of rotatable bonds is 11. The van der Waals surface area contributed by atoms with Gasteiger partial charge in [0.05, 0.1) is 0 Å². The summed E-state index contributed by atoms with van der Waals surface area (Å²) in [5.74, 6) is 0.506. The van der Waals surface area contributed by atoms with Crippen molar-refractivity contribution in [1.29, 1.82) is 0 Å². The molecule has 0 heterocycles. The first-order valence-corrected chi connectivity index (χ1v) is 20.1. The molecule has 0 aliphatic heterocycles. The molecule has 6 nitrogen and oxygen atoms in total. The molecule has 5 aromatic carbocycles. The Labute approximate surface area is 332 Å². The van der Waals surface area contributed by atoms with Crippen molar-refractivity contribution in [2.75, 3.05) is 0 Å². The topological polar surface area (TPSA) is 71.1 Å². The first-order valence-electron chi connectivity index (χ1n) is 20.1. The maximum Gasteiger partial charge on any atom is 0.514 e. The monoisotopic (exact) mass is 750 g/mol. The van der Waals surface area contributed by atoms with Gasteiger partial charge >= 0.3 is 12.3 Å². The van der Waals surface area contributed by atoms with Gasteiger partial charge in [-0.15, -0.1) is 0 Å². The van der Waals surface area contributed by atoms with E-state index in [-0.39, 0.29) is 22.7 Å². The molecule has 290 valence electrons. The summed E-state index contributed by atoms with van der Waals surface area (Å²) >= 11 is 0. The fraction of sp³-hybridized carbons (Fsp3) is 0.360. The highest BCUT2D eigenvalue weighted by atomic mass is 16.7. The number of carbonyl (C=O) groups is 2. The molecular weight excluding hydrogens is 697 g/mol. The van der Waals surface area contributed by atoms with E-state index in [0.717, 1.165) is 35.1 Å². The van der Waals surface area contributed by atoms with Crippen LogP contribution >= 0.6 is 0 Å². The molecule has 3 aliphatic rings. The Morgan fingerprint density at radius 2 is 1.05 bits per heavy atom. The zero-order valence-corrected chi connectivity index (χ0v) is 34.2. The zero-order valence-electron chi connectivity index (χ0n) is 34.2. The van der Waals surface area contributed by atoms with Crippen LogP contribution in [-0.4, -0.2) is 17.9 Å². The SMILES string of the molecule is CCC(C)(C)OC(=O)Oc1ccc(C(C)OC(=O)Oc2ccc(C(C)(C)c3ccc(C(C)(CC)CC)cc3)cc2)c2c1C1c3ccccc3C2c2ccccc21. The van der Waals surface area contributed by atoms with Crippen molar-refractivity contribution in [3.63, 3.8) is 0 Å². The number of ether oxygens (including phenoxy) is 4. The Kier molecular flexibility index (Phi) is 10.4. The minimum Gasteiger partial charge on any atom is -0.428 e. The van der Waals surface area contributed by atoms with E-state index in [2.05, 4.69) is 95.3 Å². The molecular formula is C50H54O6. The van der Waals surface area contributed by atoms with E-state index in [1.165, 1.54) is 33.4 Å². The van der Waals surface area contributed by atoms with Crippen molar-refractivity contribution in [1.82, 2.24) is 0 Å². The van der Waals surface area contributed by atoms with Crippen LogP contribution in [0.4, 0.5) is 9.59 Å². The molecule has 0 N–H and O–H groups in total. The summed E-state index contributed by atoms with van der Waals surface area (Å²) in [6.45, 7) is 18.8. The lowest BCUT2D eigenvalue weighted by Gasteiger charge is -2.44. The molecule has 0 saturated heterocycles. The molecule has 0 saturated carbocycles. The van der Waals surface area contributed by atoms with Crippen LogP contribution in [-0.2, 0) is 20.3 Å². The van der Waals surface area contributed by atoms with Crippen molar-refractivity contribution in [2.24, 2.45) is 0 Å². The minimum absolute atomic E-state index is 0.152. The molecule has 1 atom stereocenters. The average molecular weight is 751 g/mol. The van der Waals surface area contributed by atoms with E-state index in [9.17, 15) is 9.59 Å². The van der Waals surface area contributed by atoms with E-state index in [4.69, 9.17) is 18.9 Å². The van der Waals surface area contributed by atoms with Gasteiger partial charge < -0.3 is 18.9 Å². The van der Waals surface area contributed by atoms with Gasteiger partial charge in [-0.2, -0.15) is 0 Å². The first-order chi connectivity index (χ1) is 26.7. The summed E-state index contributed by atoms with van der Waals surface area (Å²) < 4.78 is 23.5. The highest BCUT2D eigenvalue weighted by molar-refractivity contribution is 5.75. The molecule has 0 fully saturated rings. The highest BCUT2D eigenvalue weighted by Crippen LogP contribution is 2.59. The molecule has 3 aliphatic carbocycles. The first kappa shape index (κ1) is 38.9. The van der Waals surface area contributed by atoms with Gasteiger partial charge in [0.1, 0.15) is 23.2 Å². The quantitative estimate of drug-likeness (QED) is 0.0968. The third kappa shape index (κ3) is 6.99. The molecule has 8 rings (SSSR count). The van der Waals surface area contributed by atoms with Gasteiger partial charge in [0.15, 0.2) is 0 Å². The van der Waals surface area contributed by atoms with Crippen molar-refractivity contribution in [2.45, 2.75) is 116 Å². The Morgan fingerprint density at radius 3 is 1.55 bits per heavy atom. The third-order valence-corrected chi connectivity index (χ3v) is 12.9. The molecule has 0 spiro atoms. The molecule has 6 heteroatoms. The molecule has 2 bridgehead atoms. The standard InChI is InChI=1S/C50H54O6/c1-10-48(5,6)56-47(52)55-41-30-29-36(44-42-37-17-13-15-19-39(37)43(45(41)44)40-20-16-14-18-38(40)42)31(4)53-46(51)54-35-27-25-33(26-28-35)49(7,8)32-21-23-34(24-22-32)50(9,11-2)12-3/h13-31,42-43H,10-12H2,1-9H3. The van der Waals surface area contributed by atoms with E-state index in [0.29, 0.717) is 17.9 Å². The maximum atomic E-state index is 13.4. The second-order valence-corrected chi connectivity index (χ2v) is 16.8. The Balaban J connectivity index is 1.14. The van der Waals surface area contributed by atoms with E-state index in [1.54, 1.807) is 6.07 Å². The van der Waals surface area contributed by atoms with Crippen molar-refractivity contribution < 1.29 is 28.5 Å².